The number of benzene rings is 2. The average Bonchev–Trinajstić information content (AvgIpc) is 3.14. The smallest absolute Gasteiger partial charge is 0.244 e. The minimum absolute atomic E-state index is 0.145. The summed E-state index contributed by atoms with van der Waals surface area (Å²) in [5.41, 5.74) is 1.79. The van der Waals surface area contributed by atoms with Crippen LogP contribution in [0.2, 0.25) is 0 Å². The topological polar surface area (TPSA) is 52.3 Å². The van der Waals surface area contributed by atoms with Crippen molar-refractivity contribution >= 4 is 11.6 Å². The summed E-state index contributed by atoms with van der Waals surface area (Å²) in [6.07, 6.45) is 2.38. The second-order valence-corrected chi connectivity index (χ2v) is 6.40. The molecule has 0 spiro atoms. The predicted molar refractivity (Wildman–Crippen MR) is 109 cm³/mol. The molecule has 5 nitrogen and oxygen atoms in total. The van der Waals surface area contributed by atoms with Crippen molar-refractivity contribution in [2.45, 2.75) is 26.2 Å². The van der Waals surface area contributed by atoms with Crippen LogP contribution in [0.5, 0.6) is 0 Å². The molecule has 0 aliphatic rings. The van der Waals surface area contributed by atoms with Crippen molar-refractivity contribution in [2.24, 2.45) is 4.99 Å². The number of methoxy groups -OCH3 is 1. The first kappa shape index (κ1) is 20.4. The summed E-state index contributed by atoms with van der Waals surface area (Å²) in [4.78, 5) is 4.34. The molecule has 0 N–H and O–H groups in total. The molecule has 0 saturated heterocycles. The fourth-order valence-corrected chi connectivity index (χ4v) is 2.93. The summed E-state index contributed by atoms with van der Waals surface area (Å²) < 4.78 is 35.3. The molecule has 3 aromatic rings. The summed E-state index contributed by atoms with van der Waals surface area (Å²) in [6, 6.07) is 12.6. The number of rotatable bonds is 7. The second-order valence-electron chi connectivity index (χ2n) is 6.40. The number of para-hydroxylation sites is 1. The molecule has 2 aromatic carbocycles. The van der Waals surface area contributed by atoms with Gasteiger partial charge in [-0.2, -0.15) is 0 Å². The summed E-state index contributed by atoms with van der Waals surface area (Å²) >= 11 is 0. The molecule has 0 aliphatic heterocycles. The van der Waals surface area contributed by atoms with Crippen LogP contribution in [0.4, 0.5) is 8.78 Å². The minimum atomic E-state index is -0.432. The standard InChI is InChI=1S/C22H22F2N4O/c1-4-5-13-20-21(26-27-28(20)19-14-9-8-12-18(19)24)22(29-3)25-15(2)16-10-6-7-11-17(16)23/h6-12,14H,2,4-5,13H2,1,3H3/b25-22-. The quantitative estimate of drug-likeness (QED) is 0.419. The molecule has 0 fully saturated rings. The van der Waals surface area contributed by atoms with Gasteiger partial charge in [-0.3, -0.25) is 0 Å². The molecule has 0 radical (unpaired) electrons. The number of aliphatic imine (C=N–C) groups is 1. The summed E-state index contributed by atoms with van der Waals surface area (Å²) in [5, 5.41) is 8.31. The maximum Gasteiger partial charge on any atom is 0.244 e. The number of halogens is 2. The normalized spacial score (nSPS) is 11.5. The number of aromatic nitrogens is 3. The van der Waals surface area contributed by atoms with Crippen molar-refractivity contribution in [1.82, 2.24) is 15.0 Å². The van der Waals surface area contributed by atoms with Gasteiger partial charge in [0.25, 0.3) is 0 Å². The van der Waals surface area contributed by atoms with Gasteiger partial charge in [-0.25, -0.2) is 18.5 Å². The first-order valence-electron chi connectivity index (χ1n) is 9.33. The van der Waals surface area contributed by atoms with Crippen LogP contribution in [0, 0.1) is 11.6 Å². The Kier molecular flexibility index (Phi) is 6.49. The van der Waals surface area contributed by atoms with Crippen LogP contribution in [0.1, 0.15) is 36.7 Å². The van der Waals surface area contributed by atoms with Gasteiger partial charge >= 0.3 is 0 Å². The Morgan fingerprint density at radius 3 is 2.45 bits per heavy atom. The molecule has 29 heavy (non-hydrogen) atoms. The van der Waals surface area contributed by atoms with Crippen LogP contribution in [-0.2, 0) is 11.2 Å². The van der Waals surface area contributed by atoms with E-state index in [0.29, 0.717) is 23.5 Å². The zero-order valence-electron chi connectivity index (χ0n) is 16.4. The lowest BCUT2D eigenvalue weighted by Gasteiger charge is -2.10. The minimum Gasteiger partial charge on any atom is -0.479 e. The monoisotopic (exact) mass is 396 g/mol. The number of hydrogen-bond donors (Lipinski definition) is 0. The van der Waals surface area contributed by atoms with E-state index >= 15 is 0 Å². The van der Waals surface area contributed by atoms with Crippen molar-refractivity contribution in [3.8, 4) is 5.69 Å². The largest absolute Gasteiger partial charge is 0.479 e. The van der Waals surface area contributed by atoms with E-state index in [1.165, 1.54) is 23.9 Å². The van der Waals surface area contributed by atoms with E-state index in [1.54, 1.807) is 36.4 Å². The zero-order valence-corrected chi connectivity index (χ0v) is 16.4. The van der Waals surface area contributed by atoms with Gasteiger partial charge in [0.15, 0.2) is 5.69 Å². The molecule has 150 valence electrons. The number of nitrogens with zero attached hydrogens (tertiary/aromatic N) is 4. The van der Waals surface area contributed by atoms with Crippen molar-refractivity contribution < 1.29 is 13.5 Å². The van der Waals surface area contributed by atoms with Crippen LogP contribution >= 0.6 is 0 Å². The fraction of sp³-hybridized carbons (Fsp3) is 0.227. The van der Waals surface area contributed by atoms with Gasteiger partial charge in [-0.05, 0) is 37.1 Å². The van der Waals surface area contributed by atoms with E-state index in [-0.39, 0.29) is 17.2 Å². The molecule has 7 heteroatoms. The van der Waals surface area contributed by atoms with E-state index in [9.17, 15) is 8.78 Å². The third kappa shape index (κ3) is 4.39. The Morgan fingerprint density at radius 2 is 1.79 bits per heavy atom. The Balaban J connectivity index is 2.07. The molecule has 0 aliphatic carbocycles. The molecule has 1 aromatic heterocycles. The molecular weight excluding hydrogens is 374 g/mol. The predicted octanol–water partition coefficient (Wildman–Crippen LogP) is 4.95. The molecule has 0 amide bonds. The molecule has 3 rings (SSSR count). The first-order valence-corrected chi connectivity index (χ1v) is 9.33. The summed E-state index contributed by atoms with van der Waals surface area (Å²) in [7, 11) is 1.44. The van der Waals surface area contributed by atoms with E-state index in [2.05, 4.69) is 28.8 Å². The highest BCUT2D eigenvalue weighted by Gasteiger charge is 2.21. The zero-order chi connectivity index (χ0) is 20.8. The van der Waals surface area contributed by atoms with Crippen molar-refractivity contribution in [3.05, 3.63) is 83.7 Å². The van der Waals surface area contributed by atoms with Gasteiger partial charge in [-0.1, -0.05) is 49.4 Å². The highest BCUT2D eigenvalue weighted by Crippen LogP contribution is 2.22. The van der Waals surface area contributed by atoms with Crippen molar-refractivity contribution in [1.29, 1.82) is 0 Å². The van der Waals surface area contributed by atoms with E-state index in [0.717, 1.165) is 12.8 Å². The number of ether oxygens (including phenoxy) is 1. The van der Waals surface area contributed by atoms with E-state index in [4.69, 9.17) is 4.74 Å². The van der Waals surface area contributed by atoms with Crippen LogP contribution in [-0.4, -0.2) is 28.0 Å². The average molecular weight is 396 g/mol. The van der Waals surface area contributed by atoms with E-state index < -0.39 is 11.6 Å². The van der Waals surface area contributed by atoms with Crippen LogP contribution in [0.25, 0.3) is 11.4 Å². The van der Waals surface area contributed by atoms with Gasteiger partial charge in [-0.15, -0.1) is 5.10 Å². The lowest BCUT2D eigenvalue weighted by molar-refractivity contribution is 0.403. The van der Waals surface area contributed by atoms with Gasteiger partial charge in [0, 0.05) is 5.56 Å². The molecular formula is C22H22F2N4O. The third-order valence-electron chi connectivity index (χ3n) is 4.43. The van der Waals surface area contributed by atoms with Crippen LogP contribution in [0.3, 0.4) is 0 Å². The van der Waals surface area contributed by atoms with Crippen LogP contribution < -0.4 is 0 Å². The summed E-state index contributed by atoms with van der Waals surface area (Å²) in [5.74, 6) is -0.696. The molecule has 0 unspecified atom stereocenters. The van der Waals surface area contributed by atoms with Gasteiger partial charge in [0.1, 0.15) is 17.3 Å². The Labute approximate surface area is 168 Å². The second kappa shape index (κ2) is 9.23. The third-order valence-corrected chi connectivity index (χ3v) is 4.43. The highest BCUT2D eigenvalue weighted by atomic mass is 19.1. The lowest BCUT2D eigenvalue weighted by Crippen LogP contribution is -2.11. The fourth-order valence-electron chi connectivity index (χ4n) is 2.93. The Morgan fingerprint density at radius 1 is 1.10 bits per heavy atom. The lowest BCUT2D eigenvalue weighted by atomic mass is 10.1. The number of hydrogen-bond acceptors (Lipinski definition) is 4. The number of unbranched alkanes of at least 4 members (excludes halogenated alkanes) is 1. The molecule has 0 bridgehead atoms. The van der Waals surface area contributed by atoms with Gasteiger partial charge in [0.2, 0.25) is 5.90 Å². The van der Waals surface area contributed by atoms with Crippen molar-refractivity contribution in [2.75, 3.05) is 7.11 Å². The Hall–Kier alpha value is -3.35. The molecule has 1 heterocycles. The highest BCUT2D eigenvalue weighted by molar-refractivity contribution is 5.96. The SMILES string of the molecule is C=C(/N=C(\OC)c1nnn(-c2ccccc2F)c1CCCC)c1ccccc1F. The van der Waals surface area contributed by atoms with Gasteiger partial charge < -0.3 is 4.74 Å². The Bertz CT molecular complexity index is 1040. The first-order chi connectivity index (χ1) is 14.1. The van der Waals surface area contributed by atoms with Crippen molar-refractivity contribution in [3.63, 3.8) is 0 Å². The summed E-state index contributed by atoms with van der Waals surface area (Å²) in [6.45, 7) is 5.91. The van der Waals surface area contributed by atoms with E-state index in [1.807, 2.05) is 0 Å². The molecule has 0 saturated carbocycles. The molecule has 0 atom stereocenters. The van der Waals surface area contributed by atoms with Crippen LogP contribution in [0.15, 0.2) is 60.1 Å². The maximum atomic E-state index is 14.3. The maximum absolute atomic E-state index is 14.3. The van der Waals surface area contributed by atoms with Gasteiger partial charge in [0.05, 0.1) is 18.5 Å².